The quantitative estimate of drug-likeness (QED) is 0.778. The molecule has 3 unspecified atom stereocenters. The number of nitrogens with one attached hydrogen (secondary N) is 2. The van der Waals surface area contributed by atoms with Gasteiger partial charge in [-0.25, -0.2) is 10.9 Å². The van der Waals surface area contributed by atoms with E-state index in [1.807, 2.05) is 36.2 Å². The first-order valence-electron chi connectivity index (χ1n) is 9.72. The van der Waals surface area contributed by atoms with Gasteiger partial charge < -0.3 is 14.5 Å². The van der Waals surface area contributed by atoms with Gasteiger partial charge in [-0.1, -0.05) is 12.1 Å². The predicted octanol–water partition coefficient (Wildman–Crippen LogP) is 1.94. The zero-order valence-corrected chi connectivity index (χ0v) is 16.2. The van der Waals surface area contributed by atoms with Crippen molar-refractivity contribution in [3.8, 4) is 5.75 Å². The Hall–Kier alpha value is -1.63. The molecule has 2 saturated heterocycles. The number of carbonyl (C=O) groups is 1. The summed E-state index contributed by atoms with van der Waals surface area (Å²) in [7, 11) is 3.58. The van der Waals surface area contributed by atoms with Crippen molar-refractivity contribution in [2.24, 2.45) is 0 Å². The average molecular weight is 361 g/mol. The van der Waals surface area contributed by atoms with Crippen molar-refractivity contribution >= 4 is 5.91 Å². The molecule has 1 amide bonds. The number of ether oxygens (including phenoxy) is 1. The number of hydrogen-bond donors (Lipinski definition) is 2. The molecule has 1 aromatic carbocycles. The van der Waals surface area contributed by atoms with Crippen LogP contribution in [-0.4, -0.2) is 61.6 Å². The first-order chi connectivity index (χ1) is 12.6. The van der Waals surface area contributed by atoms with Crippen LogP contribution in [0.4, 0.5) is 0 Å². The Morgan fingerprint density at radius 3 is 2.62 bits per heavy atom. The fraction of sp³-hybridized carbons (Fsp3) is 0.650. The van der Waals surface area contributed by atoms with Gasteiger partial charge >= 0.3 is 0 Å². The number of hydrazine groups is 1. The Kier molecular flexibility index (Phi) is 6.51. The highest BCUT2D eigenvalue weighted by Gasteiger charge is 2.32. The number of hydrogen-bond acceptors (Lipinski definition) is 5. The second kappa shape index (κ2) is 8.84. The molecule has 0 saturated carbocycles. The van der Waals surface area contributed by atoms with Crippen LogP contribution in [0.15, 0.2) is 24.3 Å². The zero-order valence-electron chi connectivity index (χ0n) is 16.2. The Bertz CT molecular complexity index is 586. The summed E-state index contributed by atoms with van der Waals surface area (Å²) in [5, 5.41) is 0. The highest BCUT2D eigenvalue weighted by atomic mass is 16.5. The lowest BCUT2D eigenvalue weighted by atomic mass is 10.0. The number of rotatable bonds is 7. The van der Waals surface area contributed by atoms with Crippen molar-refractivity contribution in [2.45, 2.75) is 50.7 Å². The number of likely N-dealkylation sites (N-methyl/N-ethyl adjacent to an activating group) is 1. The molecule has 0 bridgehead atoms. The van der Waals surface area contributed by atoms with Crippen molar-refractivity contribution in [1.82, 2.24) is 20.7 Å². The highest BCUT2D eigenvalue weighted by molar-refractivity contribution is 5.82. The molecule has 2 aliphatic rings. The number of benzene rings is 1. The monoisotopic (exact) mass is 360 g/mol. The molecule has 2 heterocycles. The van der Waals surface area contributed by atoms with Gasteiger partial charge in [0.25, 0.3) is 0 Å². The van der Waals surface area contributed by atoms with Gasteiger partial charge in [0.15, 0.2) is 0 Å². The second-order valence-corrected chi connectivity index (χ2v) is 7.54. The lowest BCUT2D eigenvalue weighted by Crippen LogP contribution is -2.45. The van der Waals surface area contributed by atoms with Gasteiger partial charge in [-0.15, -0.1) is 0 Å². The van der Waals surface area contributed by atoms with E-state index in [4.69, 9.17) is 4.74 Å². The Labute approximate surface area is 156 Å². The van der Waals surface area contributed by atoms with Gasteiger partial charge in [-0.05, 0) is 63.4 Å². The summed E-state index contributed by atoms with van der Waals surface area (Å²) >= 11 is 0. The summed E-state index contributed by atoms with van der Waals surface area (Å²) in [5.41, 5.74) is 7.60. The van der Waals surface area contributed by atoms with E-state index in [2.05, 4.69) is 22.7 Å². The van der Waals surface area contributed by atoms with Gasteiger partial charge in [0.2, 0.25) is 5.91 Å². The van der Waals surface area contributed by atoms with E-state index in [1.54, 1.807) is 7.11 Å². The maximum Gasteiger partial charge on any atom is 0.240 e. The van der Waals surface area contributed by atoms with E-state index >= 15 is 0 Å². The van der Waals surface area contributed by atoms with Gasteiger partial charge in [-0.2, -0.15) is 0 Å². The number of carbonyl (C=O) groups excluding carboxylic acids is 1. The van der Waals surface area contributed by atoms with E-state index in [0.29, 0.717) is 6.04 Å². The summed E-state index contributed by atoms with van der Waals surface area (Å²) in [6.07, 6.45) is 4.41. The summed E-state index contributed by atoms with van der Waals surface area (Å²) < 4.78 is 5.21. The van der Waals surface area contributed by atoms with Crippen LogP contribution in [0.25, 0.3) is 0 Å². The molecule has 1 aromatic rings. The van der Waals surface area contributed by atoms with Crippen molar-refractivity contribution in [2.75, 3.05) is 33.8 Å². The molecule has 144 valence electrons. The number of amides is 1. The minimum Gasteiger partial charge on any atom is -0.497 e. The third-order valence-corrected chi connectivity index (χ3v) is 5.74. The van der Waals surface area contributed by atoms with E-state index < -0.39 is 0 Å². The van der Waals surface area contributed by atoms with Crippen molar-refractivity contribution < 1.29 is 9.53 Å². The number of methoxy groups -OCH3 is 1. The molecule has 6 heteroatoms. The summed E-state index contributed by atoms with van der Waals surface area (Å²) in [6, 6.07) is 8.53. The minimum atomic E-state index is -0.172. The maximum atomic E-state index is 12.7. The molecule has 0 spiro atoms. The molecular formula is C20H32N4O2. The lowest BCUT2D eigenvalue weighted by molar-refractivity contribution is -0.132. The first kappa shape index (κ1) is 19.1. The minimum absolute atomic E-state index is 0.145. The van der Waals surface area contributed by atoms with Crippen LogP contribution >= 0.6 is 0 Å². The van der Waals surface area contributed by atoms with Gasteiger partial charge in [0.05, 0.1) is 7.11 Å². The van der Waals surface area contributed by atoms with Crippen LogP contribution in [0.3, 0.4) is 0 Å². The van der Waals surface area contributed by atoms with Crippen LogP contribution in [0, 0.1) is 0 Å². The normalized spacial score (nSPS) is 24.6. The topological polar surface area (TPSA) is 56.8 Å². The Morgan fingerprint density at radius 1 is 1.27 bits per heavy atom. The summed E-state index contributed by atoms with van der Waals surface area (Å²) in [6.45, 7) is 5.49. The van der Waals surface area contributed by atoms with Gasteiger partial charge in [0.1, 0.15) is 11.8 Å². The molecule has 2 aliphatic heterocycles. The maximum absolute atomic E-state index is 12.7. The fourth-order valence-electron chi connectivity index (χ4n) is 3.89. The Balaban J connectivity index is 1.46. The first-order valence-corrected chi connectivity index (χ1v) is 9.72. The lowest BCUT2D eigenvalue weighted by Gasteiger charge is -2.27. The van der Waals surface area contributed by atoms with Crippen molar-refractivity contribution in [1.29, 1.82) is 0 Å². The molecule has 0 aliphatic carbocycles. The molecule has 6 nitrogen and oxygen atoms in total. The largest absolute Gasteiger partial charge is 0.497 e. The van der Waals surface area contributed by atoms with Crippen LogP contribution < -0.4 is 15.6 Å². The summed E-state index contributed by atoms with van der Waals surface area (Å²) in [5.74, 6) is 1.02. The van der Waals surface area contributed by atoms with Crippen LogP contribution in [0.1, 0.15) is 44.2 Å². The number of nitrogens with zero attached hydrogens (tertiary/aromatic N) is 2. The standard InChI is InChI=1S/C20H32N4O2/c1-15(24-11-4-5-12-24)10-13-23(2)20(25)19-14-18(21-22-19)16-6-8-17(26-3)9-7-16/h6-9,15,18-19,21-22H,4-5,10-14H2,1-3H3. The van der Waals surface area contributed by atoms with Crippen molar-refractivity contribution in [3.05, 3.63) is 29.8 Å². The third kappa shape index (κ3) is 4.55. The van der Waals surface area contributed by atoms with Crippen molar-refractivity contribution in [3.63, 3.8) is 0 Å². The molecule has 26 heavy (non-hydrogen) atoms. The van der Waals surface area contributed by atoms with E-state index in [1.165, 1.54) is 31.5 Å². The molecular weight excluding hydrogens is 328 g/mol. The van der Waals surface area contributed by atoms with Crippen LogP contribution in [0.5, 0.6) is 5.75 Å². The molecule has 0 aromatic heterocycles. The summed E-state index contributed by atoms with van der Waals surface area (Å²) in [4.78, 5) is 17.2. The smallest absolute Gasteiger partial charge is 0.240 e. The molecule has 3 rings (SSSR count). The second-order valence-electron chi connectivity index (χ2n) is 7.54. The third-order valence-electron chi connectivity index (χ3n) is 5.74. The van der Waals surface area contributed by atoms with Gasteiger partial charge in [0, 0.05) is 25.7 Å². The SMILES string of the molecule is COc1ccc(C2CC(C(=O)N(C)CCC(C)N3CCCC3)NN2)cc1. The molecule has 3 atom stereocenters. The highest BCUT2D eigenvalue weighted by Crippen LogP contribution is 2.25. The van der Waals surface area contributed by atoms with E-state index in [9.17, 15) is 4.79 Å². The zero-order chi connectivity index (χ0) is 18.5. The molecule has 2 fully saturated rings. The van der Waals surface area contributed by atoms with E-state index in [0.717, 1.165) is 25.1 Å². The van der Waals surface area contributed by atoms with Crippen LogP contribution in [0.2, 0.25) is 0 Å². The van der Waals surface area contributed by atoms with E-state index in [-0.39, 0.29) is 18.0 Å². The fourth-order valence-corrected chi connectivity index (χ4v) is 3.89. The van der Waals surface area contributed by atoms with Crippen LogP contribution in [-0.2, 0) is 4.79 Å². The predicted molar refractivity (Wildman–Crippen MR) is 103 cm³/mol. The molecule has 0 radical (unpaired) electrons. The average Bonchev–Trinajstić information content (AvgIpc) is 3.37. The van der Waals surface area contributed by atoms with Gasteiger partial charge in [-0.3, -0.25) is 4.79 Å². The number of likely N-dealkylation sites (tertiary alicyclic amines) is 1. The Morgan fingerprint density at radius 2 is 1.96 bits per heavy atom. The molecule has 2 N–H and O–H groups in total.